The van der Waals surface area contributed by atoms with Gasteiger partial charge in [-0.05, 0) is 7.05 Å². The van der Waals surface area contributed by atoms with Crippen molar-refractivity contribution < 1.29 is 42.6 Å². The van der Waals surface area contributed by atoms with Crippen molar-refractivity contribution in [1.82, 2.24) is 5.32 Å². The van der Waals surface area contributed by atoms with Gasteiger partial charge in [-0.3, -0.25) is 0 Å². The van der Waals surface area contributed by atoms with Crippen LogP contribution in [-0.2, 0) is 42.6 Å². The molecule has 0 aliphatic carbocycles. The Labute approximate surface area is 193 Å². The van der Waals surface area contributed by atoms with Gasteiger partial charge in [-0.1, -0.05) is 0 Å². The average molecular weight is 471 g/mol. The molecule has 0 aromatic carbocycles. The molecule has 0 bridgehead atoms. The smallest absolute Gasteiger partial charge is 0.0701 e. The van der Waals surface area contributed by atoms with Crippen molar-refractivity contribution in [3.8, 4) is 0 Å². The maximum atomic E-state index is 5.43. The summed E-state index contributed by atoms with van der Waals surface area (Å²) in [5.41, 5.74) is 5.31. The largest absolute Gasteiger partial charge is 0.378 e. The third kappa shape index (κ3) is 29.6. The summed E-state index contributed by atoms with van der Waals surface area (Å²) in [5.74, 6) is 0. The minimum absolute atomic E-state index is 0.530. The lowest BCUT2D eigenvalue weighted by atomic mass is 10.6. The minimum atomic E-state index is 0.530. The van der Waals surface area contributed by atoms with Gasteiger partial charge in [-0.15, -0.1) is 0 Å². The molecule has 11 heteroatoms. The molecule has 0 aromatic heterocycles. The van der Waals surface area contributed by atoms with Crippen LogP contribution in [-0.4, -0.2) is 139 Å². The van der Waals surface area contributed by atoms with Crippen molar-refractivity contribution in [2.24, 2.45) is 5.73 Å². The van der Waals surface area contributed by atoms with Crippen molar-refractivity contribution in [2.45, 2.75) is 0 Å². The topological polar surface area (TPSA) is 121 Å². The third-order valence-electron chi connectivity index (χ3n) is 3.73. The molecular weight excluding hydrogens is 424 g/mol. The van der Waals surface area contributed by atoms with Crippen molar-refractivity contribution in [3.63, 3.8) is 0 Å². The predicted octanol–water partition coefficient (Wildman–Crippen LogP) is -0.686. The van der Waals surface area contributed by atoms with E-state index < -0.39 is 0 Å². The van der Waals surface area contributed by atoms with Gasteiger partial charge >= 0.3 is 0 Å². The molecule has 0 amide bonds. The standard InChI is InChI=1S/C21H46N2O9/c1-23-3-5-25-7-9-27-11-13-29-15-17-31-19-21-32-20-18-30-16-14-28-12-10-26-8-6-24-4-2-22/h23H,2-22H2,1H3. The fraction of sp³-hybridized carbons (Fsp3) is 1.00. The quantitative estimate of drug-likeness (QED) is 0.135. The van der Waals surface area contributed by atoms with Gasteiger partial charge in [0.25, 0.3) is 0 Å². The van der Waals surface area contributed by atoms with Gasteiger partial charge in [0.2, 0.25) is 0 Å². The number of ether oxygens (including phenoxy) is 9. The van der Waals surface area contributed by atoms with Crippen LogP contribution < -0.4 is 11.1 Å². The molecule has 0 aliphatic heterocycles. The molecule has 0 heterocycles. The molecule has 32 heavy (non-hydrogen) atoms. The van der Waals surface area contributed by atoms with E-state index in [0.29, 0.717) is 125 Å². The molecule has 0 saturated heterocycles. The first-order valence-corrected chi connectivity index (χ1v) is 11.5. The molecule has 0 rings (SSSR count). The maximum Gasteiger partial charge on any atom is 0.0701 e. The minimum Gasteiger partial charge on any atom is -0.378 e. The first-order valence-electron chi connectivity index (χ1n) is 11.5. The molecule has 0 saturated carbocycles. The highest BCUT2D eigenvalue weighted by Crippen LogP contribution is 1.86. The van der Waals surface area contributed by atoms with Gasteiger partial charge in [0.1, 0.15) is 0 Å². The lowest BCUT2D eigenvalue weighted by Gasteiger charge is -2.08. The van der Waals surface area contributed by atoms with Crippen LogP contribution in [0.3, 0.4) is 0 Å². The summed E-state index contributed by atoms with van der Waals surface area (Å²) in [6.07, 6.45) is 0. The van der Waals surface area contributed by atoms with Gasteiger partial charge in [-0.2, -0.15) is 0 Å². The van der Waals surface area contributed by atoms with Crippen molar-refractivity contribution in [3.05, 3.63) is 0 Å². The Morgan fingerprint density at radius 3 is 0.812 bits per heavy atom. The molecule has 194 valence electrons. The summed E-state index contributed by atoms with van der Waals surface area (Å²) in [6.45, 7) is 11.4. The van der Waals surface area contributed by atoms with Gasteiger partial charge < -0.3 is 53.7 Å². The lowest BCUT2D eigenvalue weighted by molar-refractivity contribution is -0.0248. The Morgan fingerprint density at radius 1 is 0.375 bits per heavy atom. The molecule has 3 N–H and O–H groups in total. The highest BCUT2D eigenvalue weighted by Gasteiger charge is 1.95. The van der Waals surface area contributed by atoms with Gasteiger partial charge in [-0.25, -0.2) is 0 Å². The van der Waals surface area contributed by atoms with E-state index in [2.05, 4.69) is 5.32 Å². The van der Waals surface area contributed by atoms with Crippen LogP contribution in [0.25, 0.3) is 0 Å². The molecule has 0 fully saturated rings. The summed E-state index contributed by atoms with van der Waals surface area (Å²) < 4.78 is 48.4. The van der Waals surface area contributed by atoms with E-state index in [1.54, 1.807) is 0 Å². The average Bonchev–Trinajstić information content (AvgIpc) is 2.81. The first-order chi connectivity index (χ1) is 15.9. The van der Waals surface area contributed by atoms with E-state index >= 15 is 0 Å². The van der Waals surface area contributed by atoms with E-state index in [1.807, 2.05) is 7.05 Å². The van der Waals surface area contributed by atoms with Crippen molar-refractivity contribution in [2.75, 3.05) is 139 Å². The van der Waals surface area contributed by atoms with Gasteiger partial charge in [0, 0.05) is 13.1 Å². The van der Waals surface area contributed by atoms with E-state index in [1.165, 1.54) is 0 Å². The fourth-order valence-corrected chi connectivity index (χ4v) is 2.12. The van der Waals surface area contributed by atoms with Crippen molar-refractivity contribution >= 4 is 0 Å². The Hall–Kier alpha value is -0.440. The van der Waals surface area contributed by atoms with E-state index in [4.69, 9.17) is 48.4 Å². The zero-order chi connectivity index (χ0) is 23.2. The molecular formula is C21H46N2O9. The predicted molar refractivity (Wildman–Crippen MR) is 120 cm³/mol. The monoisotopic (exact) mass is 470 g/mol. The second kappa shape index (κ2) is 30.6. The molecule has 0 atom stereocenters. The van der Waals surface area contributed by atoms with E-state index in [9.17, 15) is 0 Å². The number of rotatable bonds is 29. The Kier molecular flexibility index (Phi) is 30.1. The summed E-state index contributed by atoms with van der Waals surface area (Å²) in [4.78, 5) is 0. The molecule has 0 aliphatic rings. The lowest BCUT2D eigenvalue weighted by Crippen LogP contribution is -2.17. The fourth-order valence-electron chi connectivity index (χ4n) is 2.12. The van der Waals surface area contributed by atoms with Gasteiger partial charge in [0.15, 0.2) is 0 Å². The number of likely N-dealkylation sites (N-methyl/N-ethyl adjacent to an activating group) is 1. The highest BCUT2D eigenvalue weighted by atomic mass is 16.6. The van der Waals surface area contributed by atoms with Crippen LogP contribution in [0.4, 0.5) is 0 Å². The first kappa shape index (κ1) is 31.6. The molecule has 0 aromatic rings. The van der Waals surface area contributed by atoms with Crippen LogP contribution in [0.5, 0.6) is 0 Å². The zero-order valence-electron chi connectivity index (χ0n) is 19.9. The zero-order valence-corrected chi connectivity index (χ0v) is 19.9. The number of nitrogens with two attached hydrogens (primary N) is 1. The van der Waals surface area contributed by atoms with Crippen LogP contribution in [0.15, 0.2) is 0 Å². The Bertz CT molecular complexity index is 302. The van der Waals surface area contributed by atoms with Crippen molar-refractivity contribution in [1.29, 1.82) is 0 Å². The van der Waals surface area contributed by atoms with E-state index in [0.717, 1.165) is 6.54 Å². The van der Waals surface area contributed by atoms with Crippen LogP contribution in [0.1, 0.15) is 0 Å². The summed E-state index contributed by atoms with van der Waals surface area (Å²) >= 11 is 0. The second-order valence-corrected chi connectivity index (χ2v) is 6.40. The summed E-state index contributed by atoms with van der Waals surface area (Å²) in [5, 5.41) is 3.01. The SMILES string of the molecule is CNCCOCCOCCOCCOCCOCCOCCOCCOCCOCCN. The molecule has 0 unspecified atom stereocenters. The highest BCUT2D eigenvalue weighted by molar-refractivity contribution is 4.39. The molecule has 11 nitrogen and oxygen atoms in total. The number of hydrogen-bond acceptors (Lipinski definition) is 11. The van der Waals surface area contributed by atoms with Crippen LogP contribution in [0.2, 0.25) is 0 Å². The Morgan fingerprint density at radius 2 is 0.594 bits per heavy atom. The number of hydrogen-bond donors (Lipinski definition) is 2. The second-order valence-electron chi connectivity index (χ2n) is 6.40. The van der Waals surface area contributed by atoms with Gasteiger partial charge in [0.05, 0.1) is 119 Å². The molecule has 0 spiro atoms. The Balaban J connectivity index is 2.98. The summed E-state index contributed by atoms with van der Waals surface area (Å²) in [6, 6.07) is 0. The maximum absolute atomic E-state index is 5.43. The third-order valence-corrected chi connectivity index (χ3v) is 3.73. The van der Waals surface area contributed by atoms with E-state index in [-0.39, 0.29) is 0 Å². The molecule has 0 radical (unpaired) electrons. The normalized spacial score (nSPS) is 11.4. The summed E-state index contributed by atoms with van der Waals surface area (Å²) in [7, 11) is 1.90. The van der Waals surface area contributed by atoms with Crippen LogP contribution >= 0.6 is 0 Å². The van der Waals surface area contributed by atoms with Crippen LogP contribution in [0, 0.1) is 0 Å². The number of nitrogens with one attached hydrogen (secondary N) is 1.